The largest absolute Gasteiger partial charge is 0.393 e. The molecule has 13 nitrogen and oxygen atoms in total. The van der Waals surface area contributed by atoms with Crippen LogP contribution in [0.1, 0.15) is 57.1 Å². The molecular formula is C29H35N9O4S. The van der Waals surface area contributed by atoms with Gasteiger partial charge in [0.05, 0.1) is 41.1 Å². The topological polar surface area (TPSA) is 173 Å². The van der Waals surface area contributed by atoms with E-state index in [1.807, 2.05) is 6.07 Å². The number of nitrogens with zero attached hydrogens (tertiary/aromatic N) is 7. The molecule has 4 aromatic heterocycles. The molecule has 0 bridgehead atoms. The highest BCUT2D eigenvalue weighted by Crippen LogP contribution is 2.35. The Morgan fingerprint density at radius 3 is 2.65 bits per heavy atom. The van der Waals surface area contributed by atoms with Crippen LogP contribution in [0, 0.1) is 0 Å². The zero-order valence-corrected chi connectivity index (χ0v) is 24.5. The number of aromatic nitrogens is 7. The van der Waals surface area contributed by atoms with E-state index in [2.05, 4.69) is 41.4 Å². The number of rotatable bonds is 9. The number of aliphatic hydroxyl groups is 2. The van der Waals surface area contributed by atoms with Gasteiger partial charge < -0.3 is 20.8 Å². The summed E-state index contributed by atoms with van der Waals surface area (Å²) in [6.45, 7) is 0.682. The summed E-state index contributed by atoms with van der Waals surface area (Å²) in [5.74, 6) is 1.41. The summed E-state index contributed by atoms with van der Waals surface area (Å²) < 4.78 is 28.2. The third kappa shape index (κ3) is 5.74. The van der Waals surface area contributed by atoms with Gasteiger partial charge >= 0.3 is 0 Å². The van der Waals surface area contributed by atoms with Crippen LogP contribution >= 0.6 is 0 Å². The molecule has 0 unspecified atom stereocenters. The first-order valence-corrected chi connectivity index (χ1v) is 16.4. The summed E-state index contributed by atoms with van der Waals surface area (Å²) in [4.78, 5) is 13.6. The molecule has 5 heterocycles. The van der Waals surface area contributed by atoms with Gasteiger partial charge in [0.15, 0.2) is 5.82 Å². The molecule has 2 aliphatic carbocycles. The lowest BCUT2D eigenvalue weighted by Gasteiger charge is -2.35. The summed E-state index contributed by atoms with van der Waals surface area (Å²) in [6, 6.07) is 5.91. The lowest BCUT2D eigenvalue weighted by Crippen LogP contribution is -2.41. The van der Waals surface area contributed by atoms with Crippen LogP contribution < -0.4 is 10.6 Å². The number of hydrogen-bond donors (Lipinski definition) is 4. The van der Waals surface area contributed by atoms with Crippen LogP contribution in [0.3, 0.4) is 0 Å². The molecule has 14 heteroatoms. The predicted molar refractivity (Wildman–Crippen MR) is 160 cm³/mol. The van der Waals surface area contributed by atoms with Crippen molar-refractivity contribution in [1.82, 2.24) is 33.9 Å². The quantitative estimate of drug-likeness (QED) is 0.221. The Kier molecular flexibility index (Phi) is 7.14. The van der Waals surface area contributed by atoms with E-state index in [0.717, 1.165) is 59.7 Å². The Morgan fingerprint density at radius 2 is 1.88 bits per heavy atom. The standard InChI is InChI=1S/C29H35N9O4S/c39-18-29(40)9-6-20(7-10-29)33-24-14-27(31-16-23(24)25-13-21-3-1-2-12-37(21)36-25)34-26-8-11-30-28(35-26)19-15-32-38(17-19)43(41,42)22-4-5-22/h8,11,13-17,20,22,39-40H,1-7,9-10,12,18H2,(H2,30,31,33,34,35). The minimum atomic E-state index is -3.48. The second-order valence-corrected chi connectivity index (χ2v) is 13.9. The summed E-state index contributed by atoms with van der Waals surface area (Å²) in [7, 11) is -3.48. The highest BCUT2D eigenvalue weighted by Gasteiger charge is 2.38. The van der Waals surface area contributed by atoms with Gasteiger partial charge in [-0.1, -0.05) is 0 Å². The third-order valence-electron chi connectivity index (χ3n) is 8.60. The van der Waals surface area contributed by atoms with Crippen molar-refractivity contribution in [2.75, 3.05) is 17.2 Å². The van der Waals surface area contributed by atoms with Crippen molar-refractivity contribution in [3.8, 4) is 22.6 Å². The van der Waals surface area contributed by atoms with Crippen LogP contribution in [-0.2, 0) is 23.0 Å². The maximum atomic E-state index is 12.6. The second-order valence-electron chi connectivity index (χ2n) is 11.9. The van der Waals surface area contributed by atoms with E-state index in [-0.39, 0.29) is 17.9 Å². The molecule has 4 aromatic rings. The summed E-state index contributed by atoms with van der Waals surface area (Å²) in [6.07, 6.45) is 13.4. The van der Waals surface area contributed by atoms with Gasteiger partial charge in [-0.05, 0) is 69.9 Å². The molecule has 3 aliphatic rings. The molecule has 1 aliphatic heterocycles. The lowest BCUT2D eigenvalue weighted by molar-refractivity contribution is -0.0438. The number of hydrogen-bond acceptors (Lipinski definition) is 11. The van der Waals surface area contributed by atoms with Gasteiger partial charge in [0, 0.05) is 48.0 Å². The van der Waals surface area contributed by atoms with E-state index in [4.69, 9.17) is 5.10 Å². The molecule has 0 radical (unpaired) electrons. The van der Waals surface area contributed by atoms with Gasteiger partial charge in [0.25, 0.3) is 10.0 Å². The van der Waals surface area contributed by atoms with Gasteiger partial charge in [-0.25, -0.2) is 23.4 Å². The van der Waals surface area contributed by atoms with Crippen molar-refractivity contribution >= 4 is 27.3 Å². The molecule has 7 rings (SSSR count). The average Bonchev–Trinajstić information content (AvgIpc) is 3.60. The summed E-state index contributed by atoms with van der Waals surface area (Å²) in [5.41, 5.74) is 3.34. The maximum absolute atomic E-state index is 12.6. The monoisotopic (exact) mass is 605 g/mol. The predicted octanol–water partition coefficient (Wildman–Crippen LogP) is 3.10. The van der Waals surface area contributed by atoms with Gasteiger partial charge in [-0.15, -0.1) is 0 Å². The number of aliphatic hydroxyl groups excluding tert-OH is 1. The highest BCUT2D eigenvalue weighted by atomic mass is 32.2. The minimum Gasteiger partial charge on any atom is -0.393 e. The fourth-order valence-corrected chi connectivity index (χ4v) is 7.33. The van der Waals surface area contributed by atoms with Gasteiger partial charge in [0.1, 0.15) is 11.6 Å². The van der Waals surface area contributed by atoms with E-state index in [1.54, 1.807) is 18.5 Å². The normalized spacial score (nSPS) is 22.2. The Balaban J connectivity index is 1.15. The first-order valence-electron chi connectivity index (χ1n) is 14.9. The molecule has 0 atom stereocenters. The molecule has 0 amide bonds. The van der Waals surface area contributed by atoms with Crippen LogP contribution in [0.4, 0.5) is 17.3 Å². The molecule has 4 N–H and O–H groups in total. The zero-order chi connectivity index (χ0) is 29.6. The number of anilines is 3. The van der Waals surface area contributed by atoms with Crippen molar-refractivity contribution in [2.45, 2.75) is 81.2 Å². The summed E-state index contributed by atoms with van der Waals surface area (Å²) in [5, 5.41) is 35.6. The van der Waals surface area contributed by atoms with Crippen LogP contribution in [0.2, 0.25) is 0 Å². The van der Waals surface area contributed by atoms with Crippen molar-refractivity contribution in [3.63, 3.8) is 0 Å². The van der Waals surface area contributed by atoms with Crippen molar-refractivity contribution in [2.24, 2.45) is 0 Å². The van der Waals surface area contributed by atoms with Crippen molar-refractivity contribution < 1.29 is 18.6 Å². The van der Waals surface area contributed by atoms with Crippen LogP contribution in [0.25, 0.3) is 22.6 Å². The number of fused-ring (bicyclic) bond motifs is 1. The SMILES string of the molecule is O=S(=O)(C1CC1)n1cc(-c2nccc(Nc3cc(NC4CCC(O)(CO)CC4)c(-c4cc5n(n4)CCCC5)cn3)n2)cn1. The molecule has 0 spiro atoms. The van der Waals surface area contributed by atoms with Crippen LogP contribution in [0.15, 0.2) is 43.0 Å². The first kappa shape index (κ1) is 27.9. The van der Waals surface area contributed by atoms with E-state index in [9.17, 15) is 18.6 Å². The summed E-state index contributed by atoms with van der Waals surface area (Å²) >= 11 is 0. The highest BCUT2D eigenvalue weighted by molar-refractivity contribution is 7.90. The molecule has 43 heavy (non-hydrogen) atoms. The van der Waals surface area contributed by atoms with E-state index in [0.29, 0.717) is 48.7 Å². The number of aryl methyl sites for hydroxylation is 2. The van der Waals surface area contributed by atoms with Gasteiger partial charge in [0.2, 0.25) is 0 Å². The van der Waals surface area contributed by atoms with Crippen molar-refractivity contribution in [3.05, 3.63) is 48.7 Å². The van der Waals surface area contributed by atoms with Crippen LogP contribution in [-0.4, -0.2) is 76.0 Å². The molecular weight excluding hydrogens is 570 g/mol. The second kappa shape index (κ2) is 11.0. The molecule has 2 saturated carbocycles. The number of nitrogens with one attached hydrogen (secondary N) is 2. The van der Waals surface area contributed by atoms with E-state index < -0.39 is 15.6 Å². The number of pyridine rings is 1. The molecule has 2 fully saturated rings. The Hall–Kier alpha value is -3.88. The van der Waals surface area contributed by atoms with Crippen molar-refractivity contribution in [1.29, 1.82) is 0 Å². The smallest absolute Gasteiger partial charge is 0.256 e. The lowest BCUT2D eigenvalue weighted by atomic mass is 9.82. The Morgan fingerprint density at radius 1 is 1.05 bits per heavy atom. The Labute approximate surface area is 249 Å². The first-order chi connectivity index (χ1) is 20.8. The average molecular weight is 606 g/mol. The van der Waals surface area contributed by atoms with Crippen LogP contribution in [0.5, 0.6) is 0 Å². The maximum Gasteiger partial charge on any atom is 0.256 e. The molecule has 226 valence electrons. The van der Waals surface area contributed by atoms with Gasteiger partial charge in [-0.2, -0.15) is 14.3 Å². The van der Waals surface area contributed by atoms with E-state index >= 15 is 0 Å². The molecule has 0 saturated heterocycles. The minimum absolute atomic E-state index is 0.118. The molecule has 0 aromatic carbocycles. The fraction of sp³-hybridized carbons (Fsp3) is 0.483. The van der Waals surface area contributed by atoms with Gasteiger partial charge in [-0.3, -0.25) is 4.68 Å². The Bertz CT molecular complexity index is 1720. The fourth-order valence-electron chi connectivity index (χ4n) is 5.85. The van der Waals surface area contributed by atoms with E-state index in [1.165, 1.54) is 18.1 Å². The third-order valence-corrected chi connectivity index (χ3v) is 10.6. The zero-order valence-electron chi connectivity index (χ0n) is 23.7.